The van der Waals surface area contributed by atoms with Gasteiger partial charge in [-0.15, -0.1) is 0 Å². The molecular formula is C27H28FN3O4. The average Bonchev–Trinajstić information content (AvgIpc) is 3.06. The number of rotatable bonds is 7. The van der Waals surface area contributed by atoms with Crippen molar-refractivity contribution in [1.29, 1.82) is 0 Å². The number of hydrogen-bond acceptors (Lipinski definition) is 5. The van der Waals surface area contributed by atoms with Gasteiger partial charge in [-0.25, -0.2) is 9.07 Å². The lowest BCUT2D eigenvalue weighted by atomic mass is 9.97. The van der Waals surface area contributed by atoms with Crippen molar-refractivity contribution in [2.75, 3.05) is 7.11 Å². The number of ether oxygens (including phenoxy) is 1. The minimum absolute atomic E-state index is 0.0119. The molecule has 0 aliphatic carbocycles. The van der Waals surface area contributed by atoms with E-state index in [2.05, 4.69) is 5.10 Å². The highest BCUT2D eigenvalue weighted by Crippen LogP contribution is 2.28. The Morgan fingerprint density at radius 1 is 1.11 bits per heavy atom. The van der Waals surface area contributed by atoms with Gasteiger partial charge in [0, 0.05) is 29.1 Å². The lowest BCUT2D eigenvalue weighted by Gasteiger charge is -2.18. The lowest BCUT2D eigenvalue weighted by Crippen LogP contribution is -2.24. The fourth-order valence-corrected chi connectivity index (χ4v) is 4.22. The van der Waals surface area contributed by atoms with Gasteiger partial charge in [-0.2, -0.15) is 5.10 Å². The van der Waals surface area contributed by atoms with E-state index in [4.69, 9.17) is 4.74 Å². The zero-order valence-electron chi connectivity index (χ0n) is 20.2. The lowest BCUT2D eigenvalue weighted by molar-refractivity contribution is -0.141. The Balaban J connectivity index is 1.67. The van der Waals surface area contributed by atoms with E-state index in [1.807, 2.05) is 31.2 Å². The number of aromatic nitrogens is 3. The van der Waals surface area contributed by atoms with Gasteiger partial charge in [0.15, 0.2) is 0 Å². The average molecular weight is 478 g/mol. The molecule has 0 fully saturated rings. The highest BCUT2D eigenvalue weighted by Gasteiger charge is 2.19. The summed E-state index contributed by atoms with van der Waals surface area (Å²) in [5.41, 5.74) is 3.47. The SMILES string of the molecule is COC(=O)Cn1c(C)c(Cc2ccc(=O)n(Cc3ccc(C(C)(C)O)cc3)n2)c2cc(F)ccc21. The minimum atomic E-state index is -0.947. The first-order valence-corrected chi connectivity index (χ1v) is 11.3. The van der Waals surface area contributed by atoms with Crippen LogP contribution < -0.4 is 5.56 Å². The van der Waals surface area contributed by atoms with E-state index >= 15 is 0 Å². The van der Waals surface area contributed by atoms with Crippen LogP contribution in [0, 0.1) is 12.7 Å². The number of aliphatic hydroxyl groups is 1. The molecule has 0 unspecified atom stereocenters. The van der Waals surface area contributed by atoms with Gasteiger partial charge in [-0.05, 0) is 61.7 Å². The van der Waals surface area contributed by atoms with Crippen LogP contribution in [0.15, 0.2) is 59.4 Å². The molecule has 0 amide bonds. The van der Waals surface area contributed by atoms with Crippen molar-refractivity contribution in [3.63, 3.8) is 0 Å². The molecule has 182 valence electrons. The number of esters is 1. The van der Waals surface area contributed by atoms with Crippen LogP contribution in [-0.4, -0.2) is 32.5 Å². The zero-order valence-corrected chi connectivity index (χ0v) is 20.2. The predicted molar refractivity (Wildman–Crippen MR) is 131 cm³/mol. The van der Waals surface area contributed by atoms with Crippen LogP contribution in [0.5, 0.6) is 0 Å². The number of carbonyl (C=O) groups is 1. The smallest absolute Gasteiger partial charge is 0.325 e. The Morgan fingerprint density at radius 3 is 2.49 bits per heavy atom. The normalized spacial score (nSPS) is 11.7. The maximum absolute atomic E-state index is 14.1. The van der Waals surface area contributed by atoms with Crippen LogP contribution in [0.1, 0.15) is 41.9 Å². The van der Waals surface area contributed by atoms with Gasteiger partial charge >= 0.3 is 5.97 Å². The summed E-state index contributed by atoms with van der Waals surface area (Å²) in [4.78, 5) is 24.5. The van der Waals surface area contributed by atoms with Crippen molar-refractivity contribution < 1.29 is 19.0 Å². The topological polar surface area (TPSA) is 86.3 Å². The van der Waals surface area contributed by atoms with Crippen molar-refractivity contribution in [3.05, 3.63) is 98.8 Å². The summed E-state index contributed by atoms with van der Waals surface area (Å²) in [5, 5.41) is 15.4. The molecule has 1 N–H and O–H groups in total. The molecule has 0 aliphatic rings. The fraction of sp³-hybridized carbons (Fsp3) is 0.296. The Bertz CT molecular complexity index is 1450. The second kappa shape index (κ2) is 9.46. The summed E-state index contributed by atoms with van der Waals surface area (Å²) >= 11 is 0. The first-order chi connectivity index (χ1) is 16.6. The summed E-state index contributed by atoms with van der Waals surface area (Å²) in [5.74, 6) is -0.774. The van der Waals surface area contributed by atoms with Crippen LogP contribution >= 0.6 is 0 Å². The van der Waals surface area contributed by atoms with E-state index in [1.54, 1.807) is 30.5 Å². The van der Waals surface area contributed by atoms with Gasteiger partial charge in [0.2, 0.25) is 0 Å². The summed E-state index contributed by atoms with van der Waals surface area (Å²) in [6, 6.07) is 15.0. The van der Waals surface area contributed by atoms with E-state index in [9.17, 15) is 19.1 Å². The van der Waals surface area contributed by atoms with Crippen molar-refractivity contribution in [1.82, 2.24) is 14.3 Å². The Labute approximate surface area is 202 Å². The summed E-state index contributed by atoms with van der Waals surface area (Å²) in [7, 11) is 1.33. The predicted octanol–water partition coefficient (Wildman–Crippen LogP) is 3.69. The number of halogens is 1. The van der Waals surface area contributed by atoms with Crippen LogP contribution in [0.2, 0.25) is 0 Å². The highest BCUT2D eigenvalue weighted by atomic mass is 19.1. The van der Waals surface area contributed by atoms with Gasteiger partial charge in [0.25, 0.3) is 5.56 Å². The molecule has 2 aromatic carbocycles. The highest BCUT2D eigenvalue weighted by molar-refractivity contribution is 5.87. The minimum Gasteiger partial charge on any atom is -0.468 e. The van der Waals surface area contributed by atoms with Gasteiger partial charge in [-0.1, -0.05) is 24.3 Å². The Morgan fingerprint density at radius 2 is 1.83 bits per heavy atom. The molecule has 2 heterocycles. The fourth-order valence-electron chi connectivity index (χ4n) is 4.22. The Hall–Kier alpha value is -3.78. The summed E-state index contributed by atoms with van der Waals surface area (Å²) in [6.45, 7) is 5.59. The van der Waals surface area contributed by atoms with Gasteiger partial charge in [-0.3, -0.25) is 9.59 Å². The van der Waals surface area contributed by atoms with E-state index in [1.165, 1.54) is 30.0 Å². The zero-order chi connectivity index (χ0) is 25.3. The maximum Gasteiger partial charge on any atom is 0.325 e. The molecule has 7 nitrogen and oxygen atoms in total. The summed E-state index contributed by atoms with van der Waals surface area (Å²) < 4.78 is 22.1. The number of benzene rings is 2. The molecule has 8 heteroatoms. The third kappa shape index (κ3) is 5.17. The van der Waals surface area contributed by atoms with Crippen LogP contribution in [0.3, 0.4) is 0 Å². The van der Waals surface area contributed by atoms with Gasteiger partial charge in [0.1, 0.15) is 12.4 Å². The van der Waals surface area contributed by atoms with Gasteiger partial charge in [0.05, 0.1) is 24.9 Å². The van der Waals surface area contributed by atoms with Crippen LogP contribution in [0.4, 0.5) is 4.39 Å². The number of nitrogens with zero attached hydrogens (tertiary/aromatic N) is 3. The summed E-state index contributed by atoms with van der Waals surface area (Å²) in [6.07, 6.45) is 0.359. The number of hydrogen-bond donors (Lipinski definition) is 1. The quantitative estimate of drug-likeness (QED) is 0.411. The largest absolute Gasteiger partial charge is 0.468 e. The molecule has 0 bridgehead atoms. The number of carbonyl (C=O) groups excluding carboxylic acids is 1. The van der Waals surface area contributed by atoms with Gasteiger partial charge < -0.3 is 14.4 Å². The molecule has 0 aliphatic heterocycles. The molecule has 0 saturated carbocycles. The standard InChI is InChI=1S/C27H28FN3O4/c1-17-22(23-13-20(28)9-11-24(23)30(17)16-26(33)35-4)14-21-10-12-25(32)31(29-21)15-18-5-7-19(8-6-18)27(2,3)34/h5-13,34H,14-16H2,1-4H3. The first-order valence-electron chi connectivity index (χ1n) is 11.3. The molecule has 0 spiro atoms. The van der Waals surface area contributed by atoms with Crippen LogP contribution in [-0.2, 0) is 34.6 Å². The second-order valence-electron chi connectivity index (χ2n) is 9.14. The number of fused-ring (bicyclic) bond motifs is 1. The second-order valence-corrected chi connectivity index (χ2v) is 9.14. The van der Waals surface area contributed by atoms with Crippen molar-refractivity contribution in [3.8, 4) is 0 Å². The molecule has 35 heavy (non-hydrogen) atoms. The molecule has 2 aromatic heterocycles. The van der Waals surface area contributed by atoms with E-state index in [0.717, 1.165) is 27.9 Å². The third-order valence-electron chi connectivity index (χ3n) is 6.20. The van der Waals surface area contributed by atoms with Crippen LogP contribution in [0.25, 0.3) is 10.9 Å². The third-order valence-corrected chi connectivity index (χ3v) is 6.20. The van der Waals surface area contributed by atoms with Crippen molar-refractivity contribution in [2.45, 2.75) is 45.9 Å². The van der Waals surface area contributed by atoms with Crippen molar-refractivity contribution >= 4 is 16.9 Å². The van der Waals surface area contributed by atoms with E-state index < -0.39 is 11.6 Å². The van der Waals surface area contributed by atoms with E-state index in [-0.39, 0.29) is 24.5 Å². The molecule has 4 rings (SSSR count). The van der Waals surface area contributed by atoms with Crippen molar-refractivity contribution in [2.24, 2.45) is 0 Å². The number of methoxy groups -OCH3 is 1. The van der Waals surface area contributed by atoms with E-state index in [0.29, 0.717) is 17.5 Å². The Kier molecular flexibility index (Phi) is 6.58. The first kappa shape index (κ1) is 24.3. The molecule has 0 radical (unpaired) electrons. The molecular weight excluding hydrogens is 449 g/mol. The monoisotopic (exact) mass is 477 g/mol. The maximum atomic E-state index is 14.1. The molecule has 4 aromatic rings. The molecule has 0 atom stereocenters. The molecule has 0 saturated heterocycles.